The number of primary amides is 1. The number of nitrogens with two attached hydrogens (primary N) is 2. The number of nitro groups is 1. The minimum Gasteiger partial charge on any atom is -0.393 e. The van der Waals surface area contributed by atoms with Crippen molar-refractivity contribution in [2.24, 2.45) is 11.7 Å². The molecule has 1 amide bonds. The number of hydrogen-bond donors (Lipinski definition) is 3. The van der Waals surface area contributed by atoms with Gasteiger partial charge in [-0.25, -0.2) is 0 Å². The van der Waals surface area contributed by atoms with Gasteiger partial charge in [0.15, 0.2) is 0 Å². The van der Waals surface area contributed by atoms with Crippen molar-refractivity contribution in [2.75, 3.05) is 11.1 Å². The summed E-state index contributed by atoms with van der Waals surface area (Å²) in [5.41, 5.74) is 11.2. The van der Waals surface area contributed by atoms with E-state index in [1.54, 1.807) is 0 Å². The fraction of sp³-hybridized carbons (Fsp3) is 0.364. The standard InChI is InChI=1S/C11H16N4O3/c1-6(2)10(11(13)16)14-7-3-4-9(15(17)18)8(12)5-7/h3-6,10,14H,12H2,1-2H3,(H2,13,16). The number of nitrogen functional groups attached to an aromatic ring is 1. The molecule has 0 radical (unpaired) electrons. The van der Waals surface area contributed by atoms with Crippen LogP contribution in [-0.4, -0.2) is 16.9 Å². The van der Waals surface area contributed by atoms with Crippen molar-refractivity contribution in [1.29, 1.82) is 0 Å². The lowest BCUT2D eigenvalue weighted by atomic mass is 10.0. The summed E-state index contributed by atoms with van der Waals surface area (Å²) in [7, 11) is 0. The Hall–Kier alpha value is -2.31. The molecule has 0 aromatic heterocycles. The average molecular weight is 252 g/mol. The van der Waals surface area contributed by atoms with Crippen molar-refractivity contribution in [2.45, 2.75) is 19.9 Å². The summed E-state index contributed by atoms with van der Waals surface area (Å²) < 4.78 is 0. The fourth-order valence-electron chi connectivity index (χ4n) is 1.56. The number of nitrogens with one attached hydrogen (secondary N) is 1. The van der Waals surface area contributed by atoms with Gasteiger partial charge in [0.1, 0.15) is 11.7 Å². The third kappa shape index (κ3) is 3.09. The number of nitrogens with zero attached hydrogens (tertiary/aromatic N) is 1. The molecule has 0 bridgehead atoms. The Kier molecular flexibility index (Phi) is 4.09. The van der Waals surface area contributed by atoms with Crippen LogP contribution in [0, 0.1) is 16.0 Å². The van der Waals surface area contributed by atoms with Crippen molar-refractivity contribution in [1.82, 2.24) is 0 Å². The first kappa shape index (κ1) is 13.8. The van der Waals surface area contributed by atoms with Crippen LogP contribution >= 0.6 is 0 Å². The lowest BCUT2D eigenvalue weighted by Crippen LogP contribution is -2.39. The molecule has 0 aliphatic heterocycles. The van der Waals surface area contributed by atoms with Gasteiger partial charge in [-0.1, -0.05) is 13.8 Å². The number of amides is 1. The van der Waals surface area contributed by atoms with Crippen molar-refractivity contribution in [3.05, 3.63) is 28.3 Å². The molecule has 0 saturated heterocycles. The third-order valence-corrected chi connectivity index (χ3v) is 2.52. The second kappa shape index (κ2) is 5.35. The smallest absolute Gasteiger partial charge is 0.292 e. The Bertz CT molecular complexity index is 473. The molecule has 7 nitrogen and oxygen atoms in total. The van der Waals surface area contributed by atoms with Crippen LogP contribution in [-0.2, 0) is 4.79 Å². The SMILES string of the molecule is CC(C)C(Nc1ccc([N+](=O)[O-])c(N)c1)C(N)=O. The van der Waals surface area contributed by atoms with Gasteiger partial charge in [-0.15, -0.1) is 0 Å². The highest BCUT2D eigenvalue weighted by Crippen LogP contribution is 2.25. The minimum atomic E-state index is -0.562. The molecule has 1 aromatic rings. The molecule has 1 aromatic carbocycles. The first-order valence-electron chi connectivity index (χ1n) is 5.42. The summed E-state index contributed by atoms with van der Waals surface area (Å²) in [5, 5.41) is 13.5. The van der Waals surface area contributed by atoms with Crippen LogP contribution in [0.3, 0.4) is 0 Å². The van der Waals surface area contributed by atoms with Crippen LogP contribution in [0.2, 0.25) is 0 Å². The maximum Gasteiger partial charge on any atom is 0.292 e. The molecule has 1 unspecified atom stereocenters. The average Bonchev–Trinajstić information content (AvgIpc) is 2.24. The lowest BCUT2D eigenvalue weighted by molar-refractivity contribution is -0.383. The molecule has 1 atom stereocenters. The predicted octanol–water partition coefficient (Wildman–Crippen LogP) is 1.10. The maximum atomic E-state index is 11.2. The third-order valence-electron chi connectivity index (χ3n) is 2.52. The Balaban J connectivity index is 2.95. The van der Waals surface area contributed by atoms with Gasteiger partial charge in [-0.3, -0.25) is 14.9 Å². The molecule has 98 valence electrons. The van der Waals surface area contributed by atoms with Gasteiger partial charge < -0.3 is 16.8 Å². The number of anilines is 2. The van der Waals surface area contributed by atoms with Crippen LogP contribution < -0.4 is 16.8 Å². The number of carbonyl (C=O) groups is 1. The van der Waals surface area contributed by atoms with Gasteiger partial charge >= 0.3 is 0 Å². The predicted molar refractivity (Wildman–Crippen MR) is 69.0 cm³/mol. The molecule has 0 heterocycles. The zero-order valence-corrected chi connectivity index (χ0v) is 10.2. The first-order valence-corrected chi connectivity index (χ1v) is 5.42. The van der Waals surface area contributed by atoms with Crippen molar-refractivity contribution in [3.8, 4) is 0 Å². The molecule has 7 heteroatoms. The van der Waals surface area contributed by atoms with E-state index in [0.29, 0.717) is 5.69 Å². The van der Waals surface area contributed by atoms with Gasteiger partial charge in [0.05, 0.1) is 4.92 Å². The van der Waals surface area contributed by atoms with Crippen molar-refractivity contribution in [3.63, 3.8) is 0 Å². The van der Waals surface area contributed by atoms with E-state index in [2.05, 4.69) is 5.32 Å². The molecular formula is C11H16N4O3. The molecule has 5 N–H and O–H groups in total. The van der Waals surface area contributed by atoms with E-state index < -0.39 is 16.9 Å². The number of rotatable bonds is 5. The molecular weight excluding hydrogens is 236 g/mol. The molecule has 0 fully saturated rings. The van der Waals surface area contributed by atoms with E-state index in [-0.39, 0.29) is 17.3 Å². The van der Waals surface area contributed by atoms with Gasteiger partial charge in [-0.05, 0) is 18.1 Å². The second-order valence-electron chi connectivity index (χ2n) is 4.30. The van der Waals surface area contributed by atoms with Gasteiger partial charge in [0.25, 0.3) is 5.69 Å². The van der Waals surface area contributed by atoms with Crippen LogP contribution in [0.15, 0.2) is 18.2 Å². The van der Waals surface area contributed by atoms with Crippen LogP contribution in [0.5, 0.6) is 0 Å². The van der Waals surface area contributed by atoms with Crippen LogP contribution in [0.4, 0.5) is 17.1 Å². The molecule has 18 heavy (non-hydrogen) atoms. The van der Waals surface area contributed by atoms with E-state index in [1.807, 2.05) is 13.8 Å². The minimum absolute atomic E-state index is 0.00100. The van der Waals surface area contributed by atoms with Crippen molar-refractivity contribution >= 4 is 23.0 Å². The lowest BCUT2D eigenvalue weighted by Gasteiger charge is -2.20. The van der Waals surface area contributed by atoms with E-state index >= 15 is 0 Å². The summed E-state index contributed by atoms with van der Waals surface area (Å²) in [5.74, 6) is -0.485. The number of hydrogen-bond acceptors (Lipinski definition) is 5. The summed E-state index contributed by atoms with van der Waals surface area (Å²) in [6.45, 7) is 3.69. The molecule has 0 saturated carbocycles. The van der Waals surface area contributed by atoms with E-state index in [1.165, 1.54) is 18.2 Å². The Morgan fingerprint density at radius 2 is 2.06 bits per heavy atom. The summed E-state index contributed by atoms with van der Waals surface area (Å²) in [4.78, 5) is 21.3. The van der Waals surface area contributed by atoms with E-state index in [4.69, 9.17) is 11.5 Å². The molecule has 0 aliphatic carbocycles. The largest absolute Gasteiger partial charge is 0.393 e. The molecule has 0 aliphatic rings. The van der Waals surface area contributed by atoms with E-state index in [0.717, 1.165) is 0 Å². The molecule has 0 spiro atoms. The van der Waals surface area contributed by atoms with Gasteiger partial charge in [0, 0.05) is 11.8 Å². The van der Waals surface area contributed by atoms with Crippen LogP contribution in [0.1, 0.15) is 13.8 Å². The second-order valence-corrected chi connectivity index (χ2v) is 4.30. The van der Waals surface area contributed by atoms with Gasteiger partial charge in [0.2, 0.25) is 5.91 Å². The monoisotopic (exact) mass is 252 g/mol. The zero-order chi connectivity index (χ0) is 13.9. The Morgan fingerprint density at radius 3 is 2.44 bits per heavy atom. The fourth-order valence-corrected chi connectivity index (χ4v) is 1.56. The summed E-state index contributed by atoms with van der Waals surface area (Å²) >= 11 is 0. The van der Waals surface area contributed by atoms with Crippen molar-refractivity contribution < 1.29 is 9.72 Å². The van der Waals surface area contributed by atoms with Crippen LogP contribution in [0.25, 0.3) is 0 Å². The maximum absolute atomic E-state index is 11.2. The highest BCUT2D eigenvalue weighted by Gasteiger charge is 2.20. The van der Waals surface area contributed by atoms with Gasteiger partial charge in [-0.2, -0.15) is 0 Å². The topological polar surface area (TPSA) is 124 Å². The quantitative estimate of drug-likeness (QED) is 0.411. The first-order chi connectivity index (χ1) is 8.32. The highest BCUT2D eigenvalue weighted by atomic mass is 16.6. The zero-order valence-electron chi connectivity index (χ0n) is 10.2. The normalized spacial score (nSPS) is 12.2. The number of carbonyl (C=O) groups excluding carboxylic acids is 1. The number of benzene rings is 1. The number of nitro benzene ring substituents is 1. The highest BCUT2D eigenvalue weighted by molar-refractivity contribution is 5.83. The molecule has 1 rings (SSSR count). The summed E-state index contributed by atoms with van der Waals surface area (Å²) in [6.07, 6.45) is 0. The Morgan fingerprint density at radius 1 is 1.44 bits per heavy atom. The Labute approximate surface area is 104 Å². The van der Waals surface area contributed by atoms with E-state index in [9.17, 15) is 14.9 Å². The summed E-state index contributed by atoms with van der Waals surface area (Å²) in [6, 6.07) is 3.64.